The maximum absolute atomic E-state index is 11.5. The fraction of sp³-hybridized carbons (Fsp3) is 0.889. The van der Waals surface area contributed by atoms with Gasteiger partial charge in [0.15, 0.2) is 0 Å². The SMILES string of the molecule is CC(C)(C)NC(=O)[C@H]1NCC[C@@H]1O. The molecule has 0 saturated carbocycles. The van der Waals surface area contributed by atoms with Crippen LogP contribution in [0, 0.1) is 0 Å². The molecule has 0 aromatic carbocycles. The van der Waals surface area contributed by atoms with Crippen LogP contribution in [0.4, 0.5) is 0 Å². The van der Waals surface area contributed by atoms with E-state index in [-0.39, 0.29) is 11.4 Å². The van der Waals surface area contributed by atoms with E-state index in [1.807, 2.05) is 20.8 Å². The average Bonchev–Trinajstić information content (AvgIpc) is 2.30. The zero-order valence-corrected chi connectivity index (χ0v) is 8.42. The van der Waals surface area contributed by atoms with Gasteiger partial charge in [-0.2, -0.15) is 0 Å². The van der Waals surface area contributed by atoms with E-state index in [2.05, 4.69) is 10.6 Å². The van der Waals surface area contributed by atoms with Gasteiger partial charge in [0, 0.05) is 5.54 Å². The van der Waals surface area contributed by atoms with Crippen molar-refractivity contribution in [3.8, 4) is 0 Å². The first kappa shape index (κ1) is 10.5. The molecule has 0 aromatic heterocycles. The molecule has 0 radical (unpaired) electrons. The summed E-state index contributed by atoms with van der Waals surface area (Å²) in [4.78, 5) is 11.5. The minimum absolute atomic E-state index is 0.113. The van der Waals surface area contributed by atoms with Crippen molar-refractivity contribution in [2.24, 2.45) is 0 Å². The number of amides is 1. The molecule has 4 nitrogen and oxygen atoms in total. The fourth-order valence-electron chi connectivity index (χ4n) is 1.40. The first-order valence-electron chi connectivity index (χ1n) is 4.63. The van der Waals surface area contributed by atoms with Crippen LogP contribution in [0.15, 0.2) is 0 Å². The average molecular weight is 186 g/mol. The summed E-state index contributed by atoms with van der Waals surface area (Å²) in [6.45, 7) is 6.48. The number of carbonyl (C=O) groups is 1. The van der Waals surface area contributed by atoms with E-state index < -0.39 is 12.1 Å². The van der Waals surface area contributed by atoms with Gasteiger partial charge in [0.1, 0.15) is 6.04 Å². The van der Waals surface area contributed by atoms with Crippen LogP contribution in [-0.2, 0) is 4.79 Å². The lowest BCUT2D eigenvalue weighted by atomic mass is 10.1. The van der Waals surface area contributed by atoms with E-state index >= 15 is 0 Å². The lowest BCUT2D eigenvalue weighted by Gasteiger charge is -2.24. The van der Waals surface area contributed by atoms with Crippen molar-refractivity contribution < 1.29 is 9.90 Å². The van der Waals surface area contributed by atoms with E-state index in [9.17, 15) is 9.90 Å². The molecule has 1 saturated heterocycles. The van der Waals surface area contributed by atoms with Gasteiger partial charge in [0.05, 0.1) is 6.10 Å². The Bertz CT molecular complexity index is 198. The molecule has 0 spiro atoms. The van der Waals surface area contributed by atoms with Gasteiger partial charge in [0.25, 0.3) is 0 Å². The highest BCUT2D eigenvalue weighted by Gasteiger charge is 2.32. The predicted octanol–water partition coefficient (Wildman–Crippen LogP) is -0.376. The Balaban J connectivity index is 2.48. The van der Waals surface area contributed by atoms with E-state index in [0.29, 0.717) is 13.0 Å². The third-order valence-electron chi connectivity index (χ3n) is 1.97. The number of aliphatic hydroxyl groups is 1. The van der Waals surface area contributed by atoms with Crippen LogP contribution in [0.5, 0.6) is 0 Å². The van der Waals surface area contributed by atoms with Gasteiger partial charge >= 0.3 is 0 Å². The predicted molar refractivity (Wildman–Crippen MR) is 50.3 cm³/mol. The van der Waals surface area contributed by atoms with Crippen molar-refractivity contribution >= 4 is 5.91 Å². The Labute approximate surface area is 78.7 Å². The standard InChI is InChI=1S/C9H18N2O2/c1-9(2,3)11-8(13)7-6(12)4-5-10-7/h6-7,10,12H,4-5H2,1-3H3,(H,11,13)/t6-,7-/m0/s1. The molecule has 76 valence electrons. The molecule has 4 heteroatoms. The zero-order valence-electron chi connectivity index (χ0n) is 8.42. The minimum Gasteiger partial charge on any atom is -0.391 e. The van der Waals surface area contributed by atoms with Crippen LogP contribution in [0.25, 0.3) is 0 Å². The topological polar surface area (TPSA) is 61.4 Å². The minimum atomic E-state index is -0.539. The van der Waals surface area contributed by atoms with Crippen LogP contribution in [-0.4, -0.2) is 35.2 Å². The van der Waals surface area contributed by atoms with Crippen LogP contribution < -0.4 is 10.6 Å². The van der Waals surface area contributed by atoms with Crippen LogP contribution >= 0.6 is 0 Å². The van der Waals surface area contributed by atoms with E-state index in [1.54, 1.807) is 0 Å². The third kappa shape index (κ3) is 2.97. The van der Waals surface area contributed by atoms with Crippen LogP contribution in [0.3, 0.4) is 0 Å². The maximum Gasteiger partial charge on any atom is 0.240 e. The summed E-state index contributed by atoms with van der Waals surface area (Å²) in [5, 5.41) is 15.2. The highest BCUT2D eigenvalue weighted by molar-refractivity contribution is 5.83. The molecular formula is C9H18N2O2. The van der Waals surface area contributed by atoms with Gasteiger partial charge in [-0.15, -0.1) is 0 Å². The number of nitrogens with one attached hydrogen (secondary N) is 2. The molecule has 0 bridgehead atoms. The number of rotatable bonds is 1. The first-order chi connectivity index (χ1) is 5.90. The highest BCUT2D eigenvalue weighted by atomic mass is 16.3. The van der Waals surface area contributed by atoms with Gasteiger partial charge in [-0.1, -0.05) is 0 Å². The largest absolute Gasteiger partial charge is 0.391 e. The second kappa shape index (κ2) is 3.64. The molecule has 0 aliphatic carbocycles. The molecule has 1 rings (SSSR count). The van der Waals surface area contributed by atoms with Crippen molar-refractivity contribution in [2.75, 3.05) is 6.54 Å². The monoisotopic (exact) mass is 186 g/mol. The molecule has 13 heavy (non-hydrogen) atoms. The normalized spacial score (nSPS) is 28.9. The summed E-state index contributed by atoms with van der Waals surface area (Å²) in [6.07, 6.45) is 0.115. The van der Waals surface area contributed by atoms with Crippen LogP contribution in [0.2, 0.25) is 0 Å². The molecule has 1 aliphatic heterocycles. The summed E-state index contributed by atoms with van der Waals surface area (Å²) in [6, 6.07) is -0.431. The van der Waals surface area contributed by atoms with Gasteiger partial charge < -0.3 is 15.7 Å². The van der Waals surface area contributed by atoms with Crippen molar-refractivity contribution in [3.05, 3.63) is 0 Å². The quantitative estimate of drug-likeness (QED) is 0.523. The molecule has 1 aliphatic rings. The molecule has 2 atom stereocenters. The molecule has 3 N–H and O–H groups in total. The molecule has 1 heterocycles. The lowest BCUT2D eigenvalue weighted by molar-refractivity contribution is -0.126. The Kier molecular flexibility index (Phi) is 2.93. The van der Waals surface area contributed by atoms with Gasteiger partial charge in [-0.05, 0) is 33.7 Å². The highest BCUT2D eigenvalue weighted by Crippen LogP contribution is 2.08. The second-order valence-electron chi connectivity index (χ2n) is 4.53. The van der Waals surface area contributed by atoms with Gasteiger partial charge in [0.2, 0.25) is 5.91 Å². The fourth-order valence-corrected chi connectivity index (χ4v) is 1.40. The van der Waals surface area contributed by atoms with Crippen LogP contribution in [0.1, 0.15) is 27.2 Å². The maximum atomic E-state index is 11.5. The van der Waals surface area contributed by atoms with Gasteiger partial charge in [-0.3, -0.25) is 4.79 Å². The van der Waals surface area contributed by atoms with Gasteiger partial charge in [-0.25, -0.2) is 0 Å². The number of hydrogen-bond acceptors (Lipinski definition) is 3. The summed E-state index contributed by atoms with van der Waals surface area (Å²) in [7, 11) is 0. The first-order valence-corrected chi connectivity index (χ1v) is 4.63. The molecule has 0 aromatic rings. The van der Waals surface area contributed by atoms with Crippen molar-refractivity contribution in [1.82, 2.24) is 10.6 Å². The lowest BCUT2D eigenvalue weighted by Crippen LogP contribution is -2.51. The summed E-state index contributed by atoms with van der Waals surface area (Å²) < 4.78 is 0. The molecule has 1 fully saturated rings. The Hall–Kier alpha value is -0.610. The summed E-state index contributed by atoms with van der Waals surface area (Å²) >= 11 is 0. The number of carbonyl (C=O) groups excluding carboxylic acids is 1. The third-order valence-corrected chi connectivity index (χ3v) is 1.97. The number of hydrogen-bond donors (Lipinski definition) is 3. The van der Waals surface area contributed by atoms with E-state index in [1.165, 1.54) is 0 Å². The van der Waals surface area contributed by atoms with Crippen molar-refractivity contribution in [1.29, 1.82) is 0 Å². The van der Waals surface area contributed by atoms with E-state index in [4.69, 9.17) is 0 Å². The molecular weight excluding hydrogens is 168 g/mol. The molecule has 0 unspecified atom stereocenters. The second-order valence-corrected chi connectivity index (χ2v) is 4.53. The summed E-state index contributed by atoms with van der Waals surface area (Å²) in [5.74, 6) is -0.113. The Morgan fingerprint density at radius 1 is 1.54 bits per heavy atom. The Morgan fingerprint density at radius 2 is 2.15 bits per heavy atom. The Morgan fingerprint density at radius 3 is 2.54 bits per heavy atom. The van der Waals surface area contributed by atoms with E-state index in [0.717, 1.165) is 0 Å². The van der Waals surface area contributed by atoms with Crippen molar-refractivity contribution in [2.45, 2.75) is 44.9 Å². The van der Waals surface area contributed by atoms with Crippen molar-refractivity contribution in [3.63, 3.8) is 0 Å². The molecule has 1 amide bonds. The zero-order chi connectivity index (χ0) is 10.1. The number of aliphatic hydroxyl groups excluding tert-OH is 1. The smallest absolute Gasteiger partial charge is 0.240 e. The summed E-state index contributed by atoms with van der Waals surface area (Å²) in [5.41, 5.74) is -0.235.